The van der Waals surface area contributed by atoms with Crippen molar-refractivity contribution in [3.63, 3.8) is 0 Å². The maximum atomic E-state index is 13.9. The Kier molecular flexibility index (Phi) is 6.54. The lowest BCUT2D eigenvalue weighted by Gasteiger charge is -2.36. The highest BCUT2D eigenvalue weighted by Gasteiger charge is 2.34. The summed E-state index contributed by atoms with van der Waals surface area (Å²) in [6.07, 6.45) is 3.31. The van der Waals surface area contributed by atoms with E-state index in [2.05, 4.69) is 15.2 Å². The number of nitrogens with zero attached hydrogens (tertiary/aromatic N) is 1. The Balaban J connectivity index is 1.30. The molecule has 0 spiro atoms. The molecule has 5 rings (SSSR count). The number of H-pyrrole nitrogens is 1. The van der Waals surface area contributed by atoms with Crippen molar-refractivity contribution in [3.8, 4) is 0 Å². The number of ketones is 1. The lowest BCUT2D eigenvalue weighted by Crippen LogP contribution is -2.43. The summed E-state index contributed by atoms with van der Waals surface area (Å²) < 4.78 is 0. The van der Waals surface area contributed by atoms with E-state index in [9.17, 15) is 9.59 Å². The van der Waals surface area contributed by atoms with Gasteiger partial charge in [0.2, 0.25) is 5.91 Å². The number of likely N-dealkylation sites (tertiary alicyclic amines) is 1. The SMILES string of the molecule is O=C(NCc1ccccc1)C1CCN([C@H](C(=O)c2c[nH]c3ccccc23)c2ccccc2)CC1. The Morgan fingerprint density at radius 1 is 0.882 bits per heavy atom. The van der Waals surface area contributed by atoms with E-state index in [-0.39, 0.29) is 23.7 Å². The molecular formula is C29H29N3O2. The summed E-state index contributed by atoms with van der Waals surface area (Å²) in [6.45, 7) is 1.96. The maximum Gasteiger partial charge on any atom is 0.223 e. The predicted octanol–water partition coefficient (Wildman–Crippen LogP) is 5.12. The van der Waals surface area contributed by atoms with E-state index in [0.717, 1.165) is 34.9 Å². The molecule has 0 aliphatic carbocycles. The quantitative estimate of drug-likeness (QED) is 0.383. The van der Waals surface area contributed by atoms with Crippen LogP contribution in [0.3, 0.4) is 0 Å². The molecule has 2 heterocycles. The number of carbonyl (C=O) groups excluding carboxylic acids is 2. The topological polar surface area (TPSA) is 65.2 Å². The summed E-state index contributed by atoms with van der Waals surface area (Å²) in [5, 5.41) is 4.03. The molecular weight excluding hydrogens is 422 g/mol. The second kappa shape index (κ2) is 10.1. The number of hydrogen-bond acceptors (Lipinski definition) is 3. The number of aromatic amines is 1. The highest BCUT2D eigenvalue weighted by atomic mass is 16.2. The number of fused-ring (bicyclic) bond motifs is 1. The Bertz CT molecular complexity index is 1260. The molecule has 1 aliphatic rings. The summed E-state index contributed by atoms with van der Waals surface area (Å²) in [7, 11) is 0. The van der Waals surface area contributed by atoms with Gasteiger partial charge in [0, 0.05) is 35.1 Å². The van der Waals surface area contributed by atoms with Crippen molar-refractivity contribution < 1.29 is 9.59 Å². The number of rotatable bonds is 7. The smallest absolute Gasteiger partial charge is 0.223 e. The highest BCUT2D eigenvalue weighted by molar-refractivity contribution is 6.10. The van der Waals surface area contributed by atoms with Crippen LogP contribution in [0.1, 0.15) is 40.4 Å². The number of carbonyl (C=O) groups is 2. The average molecular weight is 452 g/mol. The monoisotopic (exact) mass is 451 g/mol. The largest absolute Gasteiger partial charge is 0.360 e. The van der Waals surface area contributed by atoms with Gasteiger partial charge < -0.3 is 10.3 Å². The number of piperidine rings is 1. The first-order valence-corrected chi connectivity index (χ1v) is 11.9. The second-order valence-corrected chi connectivity index (χ2v) is 8.94. The molecule has 5 nitrogen and oxygen atoms in total. The first-order chi connectivity index (χ1) is 16.7. The zero-order valence-electron chi connectivity index (χ0n) is 19.1. The van der Waals surface area contributed by atoms with Crippen LogP contribution in [0.15, 0.2) is 91.1 Å². The molecule has 1 aromatic heterocycles. The summed E-state index contributed by atoms with van der Waals surface area (Å²) in [5.74, 6) is 0.165. The minimum atomic E-state index is -0.367. The first kappa shape index (κ1) is 22.1. The van der Waals surface area contributed by atoms with Crippen LogP contribution < -0.4 is 5.32 Å². The molecule has 34 heavy (non-hydrogen) atoms. The van der Waals surface area contributed by atoms with Gasteiger partial charge in [0.25, 0.3) is 0 Å². The van der Waals surface area contributed by atoms with E-state index in [1.165, 1.54) is 0 Å². The molecule has 2 N–H and O–H groups in total. The summed E-state index contributed by atoms with van der Waals surface area (Å²) in [4.78, 5) is 32.1. The Morgan fingerprint density at radius 3 is 2.26 bits per heavy atom. The molecule has 0 unspecified atom stereocenters. The number of benzene rings is 3. The third kappa shape index (κ3) is 4.66. The van der Waals surface area contributed by atoms with Gasteiger partial charge in [-0.1, -0.05) is 78.9 Å². The van der Waals surface area contributed by atoms with Crippen molar-refractivity contribution in [1.29, 1.82) is 0 Å². The van der Waals surface area contributed by atoms with Crippen molar-refractivity contribution >= 4 is 22.6 Å². The van der Waals surface area contributed by atoms with Gasteiger partial charge in [0.1, 0.15) is 0 Å². The lowest BCUT2D eigenvalue weighted by atomic mass is 9.90. The molecule has 1 aliphatic heterocycles. The fourth-order valence-corrected chi connectivity index (χ4v) is 4.94. The van der Waals surface area contributed by atoms with Crippen LogP contribution in [0.25, 0.3) is 10.9 Å². The van der Waals surface area contributed by atoms with E-state index >= 15 is 0 Å². The van der Waals surface area contributed by atoms with Gasteiger partial charge in [0.05, 0.1) is 6.04 Å². The second-order valence-electron chi connectivity index (χ2n) is 8.94. The number of aromatic nitrogens is 1. The van der Waals surface area contributed by atoms with Gasteiger partial charge in [-0.2, -0.15) is 0 Å². The third-order valence-electron chi connectivity index (χ3n) is 6.79. The number of amides is 1. The van der Waals surface area contributed by atoms with Crippen LogP contribution in [0.4, 0.5) is 0 Å². The predicted molar refractivity (Wildman–Crippen MR) is 134 cm³/mol. The molecule has 4 aromatic rings. The van der Waals surface area contributed by atoms with Crippen molar-refractivity contribution in [2.24, 2.45) is 5.92 Å². The molecule has 0 bridgehead atoms. The molecule has 3 aromatic carbocycles. The first-order valence-electron chi connectivity index (χ1n) is 11.9. The van der Waals surface area contributed by atoms with E-state index in [4.69, 9.17) is 0 Å². The number of Topliss-reactive ketones (excluding diaryl/α,β-unsaturated/α-hetero) is 1. The van der Waals surface area contributed by atoms with Crippen LogP contribution in [0.5, 0.6) is 0 Å². The van der Waals surface area contributed by atoms with Crippen molar-refractivity contribution in [3.05, 3.63) is 108 Å². The summed E-state index contributed by atoms with van der Waals surface area (Å²) in [6, 6.07) is 27.5. The Morgan fingerprint density at radius 2 is 1.53 bits per heavy atom. The van der Waals surface area contributed by atoms with Crippen LogP contribution in [0, 0.1) is 5.92 Å². The van der Waals surface area contributed by atoms with E-state index in [1.807, 2.05) is 91.1 Å². The van der Waals surface area contributed by atoms with Gasteiger partial charge in [-0.05, 0) is 43.1 Å². The standard InChI is InChI=1S/C29H29N3O2/c33-28(25-20-30-26-14-8-7-13-24(25)26)27(22-11-5-2-6-12-22)32-17-15-23(16-18-32)29(34)31-19-21-9-3-1-4-10-21/h1-14,20,23,27,30H,15-19H2,(H,31,34)/t27-/m0/s1. The van der Waals surface area contributed by atoms with Gasteiger partial charge >= 0.3 is 0 Å². The zero-order valence-corrected chi connectivity index (χ0v) is 19.1. The van der Waals surface area contributed by atoms with Crippen LogP contribution in [0.2, 0.25) is 0 Å². The van der Waals surface area contributed by atoms with Crippen LogP contribution in [-0.2, 0) is 11.3 Å². The van der Waals surface area contributed by atoms with Gasteiger partial charge in [-0.3, -0.25) is 14.5 Å². The number of hydrogen-bond donors (Lipinski definition) is 2. The molecule has 1 saturated heterocycles. The fourth-order valence-electron chi connectivity index (χ4n) is 4.94. The van der Waals surface area contributed by atoms with E-state index in [1.54, 1.807) is 0 Å². The van der Waals surface area contributed by atoms with Gasteiger partial charge in [0.15, 0.2) is 5.78 Å². The molecule has 0 saturated carbocycles. The minimum Gasteiger partial charge on any atom is -0.360 e. The summed E-state index contributed by atoms with van der Waals surface area (Å²) >= 11 is 0. The lowest BCUT2D eigenvalue weighted by molar-refractivity contribution is -0.126. The van der Waals surface area contributed by atoms with E-state index in [0.29, 0.717) is 25.2 Å². The third-order valence-corrected chi connectivity index (χ3v) is 6.79. The molecule has 1 fully saturated rings. The van der Waals surface area contributed by atoms with Crippen LogP contribution in [-0.4, -0.2) is 34.7 Å². The Hall–Kier alpha value is -3.70. The van der Waals surface area contributed by atoms with Gasteiger partial charge in [-0.25, -0.2) is 0 Å². The number of para-hydroxylation sites is 1. The van der Waals surface area contributed by atoms with Crippen molar-refractivity contribution in [2.75, 3.05) is 13.1 Å². The molecule has 1 amide bonds. The molecule has 0 radical (unpaired) electrons. The zero-order chi connectivity index (χ0) is 23.3. The fraction of sp³-hybridized carbons (Fsp3) is 0.241. The van der Waals surface area contributed by atoms with Crippen LogP contribution >= 0.6 is 0 Å². The maximum absolute atomic E-state index is 13.9. The highest BCUT2D eigenvalue weighted by Crippen LogP contribution is 2.32. The molecule has 5 heteroatoms. The normalized spacial score (nSPS) is 15.8. The van der Waals surface area contributed by atoms with E-state index < -0.39 is 0 Å². The van der Waals surface area contributed by atoms with Crippen molar-refractivity contribution in [1.82, 2.24) is 15.2 Å². The molecule has 1 atom stereocenters. The van der Waals surface area contributed by atoms with Gasteiger partial charge in [-0.15, -0.1) is 0 Å². The molecule has 172 valence electrons. The van der Waals surface area contributed by atoms with Crippen molar-refractivity contribution in [2.45, 2.75) is 25.4 Å². The summed E-state index contributed by atoms with van der Waals surface area (Å²) in [5.41, 5.74) is 3.77. The average Bonchev–Trinajstić information content (AvgIpc) is 3.33. The Labute approximate surface area is 199 Å². The minimum absolute atomic E-state index is 0.0282. The number of nitrogens with one attached hydrogen (secondary N) is 2.